The van der Waals surface area contributed by atoms with E-state index in [-0.39, 0.29) is 0 Å². The van der Waals surface area contributed by atoms with Crippen LogP contribution in [0, 0.1) is 5.92 Å². The lowest BCUT2D eigenvalue weighted by atomic mass is 10.0. The van der Waals surface area contributed by atoms with Gasteiger partial charge in [-0.2, -0.15) is 0 Å². The number of aliphatic imine (C=N–C) groups is 1. The summed E-state index contributed by atoms with van der Waals surface area (Å²) in [7, 11) is 2.07. The molecule has 0 amide bonds. The van der Waals surface area contributed by atoms with E-state index in [4.69, 9.17) is 5.73 Å². The van der Waals surface area contributed by atoms with Crippen LogP contribution in [-0.2, 0) is 0 Å². The lowest BCUT2D eigenvalue weighted by molar-refractivity contribution is 0.197. The van der Waals surface area contributed by atoms with Gasteiger partial charge in [-0.3, -0.25) is 9.89 Å². The van der Waals surface area contributed by atoms with Gasteiger partial charge in [-0.15, -0.1) is 0 Å². The van der Waals surface area contributed by atoms with Crippen molar-refractivity contribution in [3.63, 3.8) is 0 Å². The van der Waals surface area contributed by atoms with E-state index < -0.39 is 0 Å². The minimum absolute atomic E-state index is 0.554. The molecule has 2 aliphatic rings. The molecule has 0 aromatic heterocycles. The highest BCUT2D eigenvalue weighted by Crippen LogP contribution is 2.25. The van der Waals surface area contributed by atoms with Gasteiger partial charge in [-0.1, -0.05) is 13.8 Å². The molecule has 0 radical (unpaired) electrons. The minimum atomic E-state index is 0.554. The molecule has 0 aromatic carbocycles. The largest absolute Gasteiger partial charge is 0.370 e. The first-order valence-corrected chi connectivity index (χ1v) is 7.36. The molecule has 1 heterocycles. The lowest BCUT2D eigenvalue weighted by Crippen LogP contribution is -2.41. The molecular formula is C14H28N4. The molecule has 0 bridgehead atoms. The summed E-state index contributed by atoms with van der Waals surface area (Å²) in [4.78, 5) is 9.35. The first-order chi connectivity index (χ1) is 8.59. The maximum atomic E-state index is 6.06. The first-order valence-electron chi connectivity index (χ1n) is 7.36. The van der Waals surface area contributed by atoms with Crippen LogP contribution < -0.4 is 5.73 Å². The van der Waals surface area contributed by atoms with Crippen molar-refractivity contribution in [1.82, 2.24) is 9.80 Å². The van der Waals surface area contributed by atoms with E-state index in [2.05, 4.69) is 35.7 Å². The van der Waals surface area contributed by atoms with E-state index in [0.717, 1.165) is 12.5 Å². The van der Waals surface area contributed by atoms with Gasteiger partial charge in [-0.25, -0.2) is 0 Å². The molecule has 2 fully saturated rings. The average Bonchev–Trinajstić information content (AvgIpc) is 3.05. The fraction of sp³-hybridized carbons (Fsp3) is 0.929. The molecule has 0 aromatic rings. The van der Waals surface area contributed by atoms with Gasteiger partial charge in [0.05, 0.1) is 6.54 Å². The summed E-state index contributed by atoms with van der Waals surface area (Å²) in [6.07, 6.45) is 5.22. The Morgan fingerprint density at radius 1 is 1.33 bits per heavy atom. The summed E-state index contributed by atoms with van der Waals surface area (Å²) in [5.74, 6) is 1.37. The van der Waals surface area contributed by atoms with Crippen molar-refractivity contribution in [3.05, 3.63) is 0 Å². The smallest absolute Gasteiger partial charge is 0.191 e. The van der Waals surface area contributed by atoms with E-state index in [1.165, 1.54) is 38.8 Å². The van der Waals surface area contributed by atoms with Crippen LogP contribution >= 0.6 is 0 Å². The molecule has 1 saturated heterocycles. The standard InChI is InChI=1S/C14H28N4/c1-11(2)13(18-8-4-5-9-18)10-16-14(15)17(3)12-6-7-12/h11-13H,4-10H2,1-3H3,(H2,15,16). The third kappa shape index (κ3) is 3.37. The molecule has 104 valence electrons. The van der Waals surface area contributed by atoms with Gasteiger partial charge in [0.2, 0.25) is 0 Å². The zero-order chi connectivity index (χ0) is 13.1. The minimum Gasteiger partial charge on any atom is -0.370 e. The van der Waals surface area contributed by atoms with Crippen LogP contribution in [0.25, 0.3) is 0 Å². The Labute approximate surface area is 111 Å². The van der Waals surface area contributed by atoms with E-state index in [1.54, 1.807) is 0 Å². The Morgan fingerprint density at radius 2 is 1.94 bits per heavy atom. The Hall–Kier alpha value is -0.770. The van der Waals surface area contributed by atoms with Crippen molar-refractivity contribution in [2.24, 2.45) is 16.6 Å². The third-order valence-corrected chi connectivity index (χ3v) is 4.28. The van der Waals surface area contributed by atoms with Gasteiger partial charge in [0.15, 0.2) is 5.96 Å². The Bertz CT molecular complexity index is 290. The van der Waals surface area contributed by atoms with Crippen LogP contribution in [0.1, 0.15) is 39.5 Å². The summed E-state index contributed by atoms with van der Waals surface area (Å²) < 4.78 is 0. The van der Waals surface area contributed by atoms with E-state index in [0.29, 0.717) is 18.0 Å². The number of rotatable bonds is 5. The van der Waals surface area contributed by atoms with Crippen molar-refractivity contribution < 1.29 is 0 Å². The van der Waals surface area contributed by atoms with Crippen LogP contribution in [0.2, 0.25) is 0 Å². The molecule has 1 aliphatic carbocycles. The number of nitrogens with zero attached hydrogens (tertiary/aromatic N) is 3. The molecule has 4 nitrogen and oxygen atoms in total. The SMILES string of the molecule is CC(C)C(CN=C(N)N(C)C1CC1)N1CCCC1. The molecule has 2 N–H and O–H groups in total. The van der Waals surface area contributed by atoms with Crippen LogP contribution in [-0.4, -0.2) is 54.5 Å². The average molecular weight is 252 g/mol. The lowest BCUT2D eigenvalue weighted by Gasteiger charge is -2.30. The van der Waals surface area contributed by atoms with Crippen LogP contribution in [0.5, 0.6) is 0 Å². The van der Waals surface area contributed by atoms with Gasteiger partial charge < -0.3 is 10.6 Å². The molecule has 2 rings (SSSR count). The maximum absolute atomic E-state index is 6.06. The Morgan fingerprint density at radius 3 is 2.44 bits per heavy atom. The Balaban J connectivity index is 1.89. The molecular weight excluding hydrogens is 224 g/mol. The molecule has 4 heteroatoms. The Kier molecular flexibility index (Phi) is 4.49. The van der Waals surface area contributed by atoms with Crippen LogP contribution in [0.4, 0.5) is 0 Å². The second-order valence-electron chi connectivity index (χ2n) is 6.10. The van der Waals surface area contributed by atoms with Gasteiger partial charge in [-0.05, 0) is 44.7 Å². The second kappa shape index (κ2) is 5.91. The second-order valence-corrected chi connectivity index (χ2v) is 6.10. The first kappa shape index (κ1) is 13.7. The van der Waals surface area contributed by atoms with Crippen molar-refractivity contribution in [2.45, 2.75) is 51.6 Å². The van der Waals surface area contributed by atoms with Gasteiger partial charge in [0.25, 0.3) is 0 Å². The fourth-order valence-corrected chi connectivity index (χ4v) is 2.77. The summed E-state index contributed by atoms with van der Waals surface area (Å²) in [5, 5.41) is 0. The van der Waals surface area contributed by atoms with Crippen LogP contribution in [0.15, 0.2) is 4.99 Å². The molecule has 1 atom stereocenters. The summed E-state index contributed by atoms with van der Waals surface area (Å²) in [5.41, 5.74) is 6.06. The zero-order valence-corrected chi connectivity index (χ0v) is 12.1. The predicted octanol–water partition coefficient (Wildman–Crippen LogP) is 1.52. The van der Waals surface area contributed by atoms with E-state index in [9.17, 15) is 0 Å². The summed E-state index contributed by atoms with van der Waals surface area (Å²) in [6, 6.07) is 1.21. The number of hydrogen-bond donors (Lipinski definition) is 1. The van der Waals surface area contributed by atoms with E-state index in [1.807, 2.05) is 0 Å². The van der Waals surface area contributed by atoms with E-state index >= 15 is 0 Å². The van der Waals surface area contributed by atoms with Crippen molar-refractivity contribution in [1.29, 1.82) is 0 Å². The molecule has 18 heavy (non-hydrogen) atoms. The van der Waals surface area contributed by atoms with Gasteiger partial charge in [0, 0.05) is 19.1 Å². The van der Waals surface area contributed by atoms with Gasteiger partial charge >= 0.3 is 0 Å². The molecule has 1 unspecified atom stereocenters. The molecule has 1 aliphatic heterocycles. The highest BCUT2D eigenvalue weighted by atomic mass is 15.3. The topological polar surface area (TPSA) is 44.9 Å². The zero-order valence-electron chi connectivity index (χ0n) is 12.1. The third-order valence-electron chi connectivity index (χ3n) is 4.28. The summed E-state index contributed by atoms with van der Waals surface area (Å²) in [6.45, 7) is 7.90. The van der Waals surface area contributed by atoms with Crippen molar-refractivity contribution >= 4 is 5.96 Å². The van der Waals surface area contributed by atoms with Crippen molar-refractivity contribution in [2.75, 3.05) is 26.7 Å². The normalized spacial score (nSPS) is 23.7. The molecule has 0 spiro atoms. The monoisotopic (exact) mass is 252 g/mol. The number of likely N-dealkylation sites (tertiary alicyclic amines) is 1. The van der Waals surface area contributed by atoms with Crippen LogP contribution in [0.3, 0.4) is 0 Å². The predicted molar refractivity (Wildman–Crippen MR) is 76.7 cm³/mol. The van der Waals surface area contributed by atoms with Gasteiger partial charge in [0.1, 0.15) is 0 Å². The molecule has 1 saturated carbocycles. The maximum Gasteiger partial charge on any atom is 0.191 e. The fourth-order valence-electron chi connectivity index (χ4n) is 2.77. The number of guanidine groups is 1. The highest BCUT2D eigenvalue weighted by molar-refractivity contribution is 5.78. The number of hydrogen-bond acceptors (Lipinski definition) is 2. The summed E-state index contributed by atoms with van der Waals surface area (Å²) >= 11 is 0. The highest BCUT2D eigenvalue weighted by Gasteiger charge is 2.28. The number of nitrogens with two attached hydrogens (primary N) is 1. The van der Waals surface area contributed by atoms with Crippen molar-refractivity contribution in [3.8, 4) is 0 Å². The quantitative estimate of drug-likeness (QED) is 0.596.